The Hall–Kier alpha value is -1.35. The van der Waals surface area contributed by atoms with E-state index in [0.29, 0.717) is 0 Å². The summed E-state index contributed by atoms with van der Waals surface area (Å²) in [5.74, 6) is 0.0523. The fourth-order valence-corrected chi connectivity index (χ4v) is 2.50. The third-order valence-electron chi connectivity index (χ3n) is 3.41. The zero-order valence-corrected chi connectivity index (χ0v) is 9.60. The lowest BCUT2D eigenvalue weighted by molar-refractivity contribution is -0.124. The molecule has 1 unspecified atom stereocenters. The summed E-state index contributed by atoms with van der Waals surface area (Å²) in [4.78, 5) is 13.7. The first kappa shape index (κ1) is 11.1. The number of carbonyl (C=O) groups excluding carboxylic acids is 1. The molecule has 1 aromatic rings. The van der Waals surface area contributed by atoms with Crippen LogP contribution in [0.25, 0.3) is 0 Å². The van der Waals surface area contributed by atoms with Gasteiger partial charge in [0.15, 0.2) is 0 Å². The highest BCUT2D eigenvalue weighted by atomic mass is 16.1. The highest BCUT2D eigenvalue weighted by Crippen LogP contribution is 2.32. The van der Waals surface area contributed by atoms with Gasteiger partial charge in [-0.15, -0.1) is 0 Å². The van der Waals surface area contributed by atoms with Crippen molar-refractivity contribution in [1.29, 1.82) is 0 Å². The number of likely N-dealkylation sites (tertiary alicyclic amines) is 1. The molecular formula is C13H18N2O. The Labute approximate surface area is 96.2 Å². The van der Waals surface area contributed by atoms with E-state index < -0.39 is 0 Å². The lowest BCUT2D eigenvalue weighted by Crippen LogP contribution is -2.43. The van der Waals surface area contributed by atoms with Crippen molar-refractivity contribution >= 4 is 5.91 Å². The molecule has 1 saturated heterocycles. The Kier molecular flexibility index (Phi) is 3.25. The zero-order chi connectivity index (χ0) is 11.5. The van der Waals surface area contributed by atoms with Gasteiger partial charge in [0.25, 0.3) is 0 Å². The Morgan fingerprint density at radius 1 is 1.38 bits per heavy atom. The van der Waals surface area contributed by atoms with E-state index in [1.54, 1.807) is 0 Å². The molecule has 1 aromatic carbocycles. The maximum atomic E-state index is 11.5. The molecule has 0 saturated carbocycles. The maximum Gasteiger partial charge on any atom is 0.222 e. The molecule has 1 aliphatic heterocycles. The van der Waals surface area contributed by atoms with Gasteiger partial charge in [0.2, 0.25) is 5.91 Å². The second-order valence-electron chi connectivity index (χ2n) is 4.58. The summed E-state index contributed by atoms with van der Waals surface area (Å²) in [7, 11) is 2.04. The number of nitrogens with two attached hydrogens (primary N) is 1. The molecule has 0 aromatic heterocycles. The van der Waals surface area contributed by atoms with Crippen LogP contribution in [0.4, 0.5) is 0 Å². The summed E-state index contributed by atoms with van der Waals surface area (Å²) < 4.78 is 0. The number of rotatable bonds is 2. The van der Waals surface area contributed by atoms with Crippen LogP contribution in [0, 0.1) is 5.92 Å². The first-order chi connectivity index (χ1) is 7.68. The van der Waals surface area contributed by atoms with Gasteiger partial charge in [-0.1, -0.05) is 30.3 Å². The predicted octanol–water partition coefficient (Wildman–Crippen LogP) is 1.21. The molecule has 1 heterocycles. The van der Waals surface area contributed by atoms with Gasteiger partial charge < -0.3 is 10.6 Å². The number of nitrogens with zero attached hydrogens (tertiary/aromatic N) is 1. The van der Waals surface area contributed by atoms with Crippen LogP contribution in [0.5, 0.6) is 0 Å². The van der Waals surface area contributed by atoms with E-state index in [0.717, 1.165) is 19.5 Å². The summed E-state index contributed by atoms with van der Waals surface area (Å²) >= 11 is 0. The first-order valence-electron chi connectivity index (χ1n) is 5.71. The number of amides is 1. The average molecular weight is 218 g/mol. The van der Waals surface area contributed by atoms with Crippen LogP contribution >= 0.6 is 0 Å². The van der Waals surface area contributed by atoms with Crippen LogP contribution < -0.4 is 5.73 Å². The van der Waals surface area contributed by atoms with E-state index in [1.807, 2.05) is 25.2 Å². The molecule has 1 fully saturated rings. The first-order valence-corrected chi connectivity index (χ1v) is 5.71. The number of piperidine rings is 1. The summed E-state index contributed by atoms with van der Waals surface area (Å²) in [6, 6.07) is 10.2. The highest BCUT2D eigenvalue weighted by molar-refractivity contribution is 5.78. The van der Waals surface area contributed by atoms with Gasteiger partial charge in [-0.3, -0.25) is 4.79 Å². The summed E-state index contributed by atoms with van der Waals surface area (Å²) in [6.07, 6.45) is 1.01. The van der Waals surface area contributed by atoms with Crippen molar-refractivity contribution in [2.75, 3.05) is 20.1 Å². The maximum absolute atomic E-state index is 11.5. The lowest BCUT2D eigenvalue weighted by atomic mass is 9.80. The van der Waals surface area contributed by atoms with Gasteiger partial charge in [0, 0.05) is 6.54 Å². The van der Waals surface area contributed by atoms with Gasteiger partial charge >= 0.3 is 0 Å². The quantitative estimate of drug-likeness (QED) is 0.811. The van der Waals surface area contributed by atoms with Crippen LogP contribution in [0.15, 0.2) is 30.3 Å². The van der Waals surface area contributed by atoms with E-state index in [9.17, 15) is 4.79 Å². The second-order valence-corrected chi connectivity index (χ2v) is 4.58. The molecule has 0 spiro atoms. The number of primary amides is 1. The fraction of sp³-hybridized carbons (Fsp3) is 0.462. The molecule has 1 amide bonds. The Morgan fingerprint density at radius 3 is 2.69 bits per heavy atom. The number of benzene rings is 1. The van der Waals surface area contributed by atoms with Crippen molar-refractivity contribution < 1.29 is 4.79 Å². The van der Waals surface area contributed by atoms with Crippen LogP contribution in [0.2, 0.25) is 0 Å². The van der Waals surface area contributed by atoms with Crippen molar-refractivity contribution in [2.45, 2.75) is 12.3 Å². The van der Waals surface area contributed by atoms with E-state index >= 15 is 0 Å². The molecule has 86 valence electrons. The van der Waals surface area contributed by atoms with Crippen molar-refractivity contribution in [3.05, 3.63) is 35.9 Å². The van der Waals surface area contributed by atoms with Crippen LogP contribution in [0.3, 0.4) is 0 Å². The van der Waals surface area contributed by atoms with Crippen molar-refractivity contribution in [3.63, 3.8) is 0 Å². The monoisotopic (exact) mass is 218 g/mol. The van der Waals surface area contributed by atoms with Crippen molar-refractivity contribution in [3.8, 4) is 0 Å². The van der Waals surface area contributed by atoms with Crippen LogP contribution in [-0.4, -0.2) is 30.9 Å². The van der Waals surface area contributed by atoms with Gasteiger partial charge in [-0.25, -0.2) is 0 Å². The third-order valence-corrected chi connectivity index (χ3v) is 3.41. The predicted molar refractivity (Wildman–Crippen MR) is 64.0 cm³/mol. The number of hydrogen-bond acceptors (Lipinski definition) is 2. The summed E-state index contributed by atoms with van der Waals surface area (Å²) in [5.41, 5.74) is 6.73. The molecule has 2 rings (SSSR count). The van der Waals surface area contributed by atoms with Crippen LogP contribution in [0.1, 0.15) is 17.9 Å². The largest absolute Gasteiger partial charge is 0.369 e. The molecule has 1 aliphatic rings. The second kappa shape index (κ2) is 4.66. The van der Waals surface area contributed by atoms with Crippen LogP contribution in [-0.2, 0) is 4.79 Å². The van der Waals surface area contributed by atoms with E-state index in [2.05, 4.69) is 17.0 Å². The molecule has 3 heteroatoms. The Balaban J connectivity index is 2.22. The minimum atomic E-state index is -0.180. The SMILES string of the molecule is CN1CC[C@@H](c2ccccc2)C(C(N)=O)C1. The van der Waals surface area contributed by atoms with E-state index in [4.69, 9.17) is 5.73 Å². The lowest BCUT2D eigenvalue weighted by Gasteiger charge is -2.35. The topological polar surface area (TPSA) is 46.3 Å². The summed E-state index contributed by atoms with van der Waals surface area (Å²) in [6.45, 7) is 1.80. The van der Waals surface area contributed by atoms with Gasteiger partial charge in [0.1, 0.15) is 0 Å². The molecule has 0 radical (unpaired) electrons. The Morgan fingerprint density at radius 2 is 2.06 bits per heavy atom. The molecular weight excluding hydrogens is 200 g/mol. The normalized spacial score (nSPS) is 26.6. The van der Waals surface area contributed by atoms with Crippen molar-refractivity contribution in [2.24, 2.45) is 11.7 Å². The smallest absolute Gasteiger partial charge is 0.222 e. The molecule has 3 nitrogen and oxygen atoms in total. The third kappa shape index (κ3) is 2.25. The van der Waals surface area contributed by atoms with E-state index in [-0.39, 0.29) is 17.7 Å². The molecule has 2 atom stereocenters. The van der Waals surface area contributed by atoms with Crippen molar-refractivity contribution in [1.82, 2.24) is 4.90 Å². The van der Waals surface area contributed by atoms with Gasteiger partial charge in [0.05, 0.1) is 5.92 Å². The summed E-state index contributed by atoms with van der Waals surface area (Å²) in [5, 5.41) is 0. The minimum absolute atomic E-state index is 0.0545. The zero-order valence-electron chi connectivity index (χ0n) is 9.60. The average Bonchev–Trinajstić information content (AvgIpc) is 2.30. The number of hydrogen-bond donors (Lipinski definition) is 1. The highest BCUT2D eigenvalue weighted by Gasteiger charge is 2.32. The fourth-order valence-electron chi connectivity index (χ4n) is 2.50. The molecule has 2 N–H and O–H groups in total. The standard InChI is InChI=1S/C13H18N2O/c1-15-8-7-11(12(9-15)13(14)16)10-5-3-2-4-6-10/h2-6,11-12H,7-9H2,1H3,(H2,14,16)/t11-,12?/m0/s1. The minimum Gasteiger partial charge on any atom is -0.369 e. The molecule has 0 aliphatic carbocycles. The van der Waals surface area contributed by atoms with Gasteiger partial charge in [-0.05, 0) is 31.5 Å². The molecule has 0 bridgehead atoms. The number of carbonyl (C=O) groups is 1. The van der Waals surface area contributed by atoms with E-state index in [1.165, 1.54) is 5.56 Å². The Bertz CT molecular complexity index is 363. The van der Waals surface area contributed by atoms with Gasteiger partial charge in [-0.2, -0.15) is 0 Å². The molecule has 16 heavy (non-hydrogen) atoms.